The number of rotatable bonds is 4. The zero-order chi connectivity index (χ0) is 14.7. The lowest BCUT2D eigenvalue weighted by molar-refractivity contribution is -0.385. The summed E-state index contributed by atoms with van der Waals surface area (Å²) in [7, 11) is 0. The summed E-state index contributed by atoms with van der Waals surface area (Å²) in [6.45, 7) is 0. The molecule has 0 spiro atoms. The molecule has 0 saturated carbocycles. The van der Waals surface area contributed by atoms with E-state index in [0.29, 0.717) is 9.86 Å². The van der Waals surface area contributed by atoms with Crippen LogP contribution < -0.4 is 4.74 Å². The van der Waals surface area contributed by atoms with Gasteiger partial charge in [-0.25, -0.2) is 0 Å². The maximum absolute atomic E-state index is 11.0. The highest BCUT2D eigenvalue weighted by molar-refractivity contribution is 14.1. The van der Waals surface area contributed by atoms with Gasteiger partial charge in [-0.3, -0.25) is 14.9 Å². The van der Waals surface area contributed by atoms with Crippen molar-refractivity contribution in [1.29, 1.82) is 5.26 Å². The zero-order valence-electron chi connectivity index (χ0n) is 9.70. The summed E-state index contributed by atoms with van der Waals surface area (Å²) in [5, 5.41) is 19.8. The number of aldehydes is 1. The quantitative estimate of drug-likeness (QED) is 0.347. The Morgan fingerprint density at radius 2 is 2.20 bits per heavy atom. The zero-order valence-corrected chi connectivity index (χ0v) is 11.9. The van der Waals surface area contributed by atoms with Crippen molar-refractivity contribution in [3.63, 3.8) is 0 Å². The van der Waals surface area contributed by atoms with Crippen LogP contribution in [0.4, 0.5) is 5.69 Å². The minimum atomic E-state index is -0.651. The van der Waals surface area contributed by atoms with Crippen molar-refractivity contribution in [1.82, 2.24) is 0 Å². The molecule has 0 saturated heterocycles. The van der Waals surface area contributed by atoms with Gasteiger partial charge >= 0.3 is 5.69 Å². The second kappa shape index (κ2) is 5.70. The van der Waals surface area contributed by atoms with Crippen molar-refractivity contribution in [3.05, 3.63) is 49.3 Å². The van der Waals surface area contributed by atoms with Crippen LogP contribution in [0, 0.1) is 25.0 Å². The van der Waals surface area contributed by atoms with Crippen LogP contribution in [0.2, 0.25) is 0 Å². The molecule has 1 aromatic heterocycles. The second-order valence-electron chi connectivity index (χ2n) is 3.55. The first kappa shape index (κ1) is 14.0. The first-order valence-electron chi connectivity index (χ1n) is 5.16. The first-order valence-corrected chi connectivity index (χ1v) is 6.24. The van der Waals surface area contributed by atoms with Crippen molar-refractivity contribution < 1.29 is 18.9 Å². The number of nitriles is 1. The topological polar surface area (TPSA) is 106 Å². The van der Waals surface area contributed by atoms with Crippen LogP contribution in [0.1, 0.15) is 16.1 Å². The van der Waals surface area contributed by atoms with E-state index >= 15 is 0 Å². The van der Waals surface area contributed by atoms with Gasteiger partial charge in [0.25, 0.3) is 5.95 Å². The molecule has 0 aliphatic rings. The molecule has 0 unspecified atom stereocenters. The van der Waals surface area contributed by atoms with Gasteiger partial charge in [0, 0.05) is 12.1 Å². The van der Waals surface area contributed by atoms with E-state index in [4.69, 9.17) is 14.4 Å². The van der Waals surface area contributed by atoms with E-state index in [1.165, 1.54) is 18.2 Å². The molecule has 2 rings (SSSR count). The smallest absolute Gasteiger partial charge is 0.314 e. The predicted octanol–water partition coefficient (Wildman–Crippen LogP) is 3.27. The van der Waals surface area contributed by atoms with E-state index in [0.717, 1.165) is 6.07 Å². The SMILES string of the molecule is N#Cc1cc(I)c(Oc2ccc(C=O)o2)c([N+](=O)[O-])c1. The van der Waals surface area contributed by atoms with E-state index < -0.39 is 4.92 Å². The molecule has 2 aromatic rings. The number of hydrogen-bond acceptors (Lipinski definition) is 6. The highest BCUT2D eigenvalue weighted by atomic mass is 127. The lowest BCUT2D eigenvalue weighted by Gasteiger charge is -2.06. The van der Waals surface area contributed by atoms with Gasteiger partial charge in [0.2, 0.25) is 5.75 Å². The maximum Gasteiger partial charge on any atom is 0.314 e. The van der Waals surface area contributed by atoms with Gasteiger partial charge in [-0.15, -0.1) is 0 Å². The highest BCUT2D eigenvalue weighted by Crippen LogP contribution is 2.37. The first-order chi connectivity index (χ1) is 9.55. The molecule has 100 valence electrons. The van der Waals surface area contributed by atoms with Gasteiger partial charge in [0.1, 0.15) is 0 Å². The summed E-state index contributed by atoms with van der Waals surface area (Å²) in [4.78, 5) is 20.9. The molecule has 8 heteroatoms. The number of ether oxygens (including phenoxy) is 1. The molecule has 1 heterocycles. The Morgan fingerprint density at radius 3 is 2.75 bits per heavy atom. The minimum absolute atomic E-state index is 0.0404. The molecule has 7 nitrogen and oxygen atoms in total. The van der Waals surface area contributed by atoms with Crippen molar-refractivity contribution in [2.24, 2.45) is 0 Å². The number of nitrogens with zero attached hydrogens (tertiary/aromatic N) is 2. The second-order valence-corrected chi connectivity index (χ2v) is 4.71. The van der Waals surface area contributed by atoms with E-state index in [9.17, 15) is 14.9 Å². The normalized spacial score (nSPS) is 9.80. The number of furan rings is 1. The third-order valence-corrected chi connectivity index (χ3v) is 3.07. The van der Waals surface area contributed by atoms with Crippen LogP contribution >= 0.6 is 22.6 Å². The lowest BCUT2D eigenvalue weighted by atomic mass is 10.2. The average Bonchev–Trinajstić information content (AvgIpc) is 2.88. The Labute approximate surface area is 126 Å². The molecular weight excluding hydrogens is 379 g/mol. The molecule has 0 aliphatic heterocycles. The Balaban J connectivity index is 2.47. The number of carbonyl (C=O) groups excluding carboxylic acids is 1. The van der Waals surface area contributed by atoms with E-state index in [-0.39, 0.29) is 28.7 Å². The van der Waals surface area contributed by atoms with E-state index in [1.54, 1.807) is 0 Å². The van der Waals surface area contributed by atoms with Crippen LogP contribution in [-0.2, 0) is 0 Å². The third-order valence-electron chi connectivity index (χ3n) is 2.27. The number of halogens is 1. The number of nitro benzene ring substituents is 1. The summed E-state index contributed by atoms with van der Waals surface area (Å²) in [5.74, 6) is -0.0365. The van der Waals surface area contributed by atoms with E-state index in [1.807, 2.05) is 28.7 Å². The van der Waals surface area contributed by atoms with Gasteiger partial charge in [-0.2, -0.15) is 5.26 Å². The van der Waals surface area contributed by atoms with Gasteiger partial charge in [-0.1, -0.05) is 0 Å². The fourth-order valence-corrected chi connectivity index (χ4v) is 2.16. The highest BCUT2D eigenvalue weighted by Gasteiger charge is 2.22. The molecular formula is C12H5IN2O5. The Kier molecular flexibility index (Phi) is 3.99. The summed E-state index contributed by atoms with van der Waals surface area (Å²) >= 11 is 1.82. The monoisotopic (exact) mass is 384 g/mol. The fraction of sp³-hybridized carbons (Fsp3) is 0. The van der Waals surface area contributed by atoms with Crippen molar-refractivity contribution in [3.8, 4) is 17.8 Å². The number of hydrogen-bond donors (Lipinski definition) is 0. The molecule has 0 atom stereocenters. The average molecular weight is 384 g/mol. The number of benzene rings is 1. The maximum atomic E-state index is 11.0. The van der Waals surface area contributed by atoms with Crippen LogP contribution in [0.3, 0.4) is 0 Å². The Morgan fingerprint density at radius 1 is 1.45 bits per heavy atom. The fourth-order valence-electron chi connectivity index (χ4n) is 1.43. The molecule has 1 aromatic carbocycles. The Hall–Kier alpha value is -2.41. The summed E-state index contributed by atoms with van der Waals surface area (Å²) in [5.41, 5.74) is -0.195. The van der Waals surface area contributed by atoms with Gasteiger partial charge in [0.05, 0.1) is 20.1 Å². The van der Waals surface area contributed by atoms with Gasteiger partial charge in [-0.05, 0) is 34.7 Å². The summed E-state index contributed by atoms with van der Waals surface area (Å²) < 4.78 is 10.7. The van der Waals surface area contributed by atoms with Crippen LogP contribution in [-0.4, -0.2) is 11.2 Å². The van der Waals surface area contributed by atoms with Gasteiger partial charge < -0.3 is 9.15 Å². The molecule has 0 N–H and O–H groups in total. The molecule has 0 fully saturated rings. The molecule has 0 radical (unpaired) electrons. The molecule has 0 bridgehead atoms. The van der Waals surface area contributed by atoms with Gasteiger partial charge in [0.15, 0.2) is 12.0 Å². The molecule has 0 amide bonds. The minimum Gasteiger partial charge on any atom is -0.422 e. The lowest BCUT2D eigenvalue weighted by Crippen LogP contribution is -1.96. The number of carbonyl (C=O) groups is 1. The third kappa shape index (κ3) is 2.77. The summed E-state index contributed by atoms with van der Waals surface area (Å²) in [6.07, 6.45) is 0.491. The molecule has 20 heavy (non-hydrogen) atoms. The van der Waals surface area contributed by atoms with E-state index in [2.05, 4.69) is 0 Å². The van der Waals surface area contributed by atoms with Crippen LogP contribution in [0.25, 0.3) is 0 Å². The predicted molar refractivity (Wildman–Crippen MR) is 74.7 cm³/mol. The largest absolute Gasteiger partial charge is 0.422 e. The summed E-state index contributed by atoms with van der Waals surface area (Å²) in [6, 6.07) is 7.15. The van der Waals surface area contributed by atoms with Crippen LogP contribution in [0.5, 0.6) is 11.7 Å². The Bertz CT molecular complexity index is 732. The molecule has 0 aliphatic carbocycles. The van der Waals surface area contributed by atoms with Crippen LogP contribution in [0.15, 0.2) is 28.7 Å². The van der Waals surface area contributed by atoms with Crippen molar-refractivity contribution in [2.75, 3.05) is 0 Å². The van der Waals surface area contributed by atoms with Crippen molar-refractivity contribution >= 4 is 34.6 Å². The van der Waals surface area contributed by atoms with Crippen molar-refractivity contribution in [2.45, 2.75) is 0 Å². The number of nitro groups is 1. The standard InChI is InChI=1S/C12H5IN2O5/c13-9-3-7(5-14)4-10(15(17)18)12(9)20-11-2-1-8(6-16)19-11/h1-4,6H.